The van der Waals surface area contributed by atoms with Crippen LogP contribution in [0.15, 0.2) is 48.5 Å². The standard InChI is InChI=1S/C35H52N4O4/c1-5-7-8-18-38-25-28(4)39(26-27(38)3)34(30-13-10-15-32(40)24-30)29-12-9-14-31(23-29)35(42)37-19-11-17-36(21-22-37)20-16-33(41)43-6-2/h9-10,12-15,23-24,27-28,34,40H,5-8,11,16-22,25-26H2,1-4H3/t27-,28+,34-/m1/s1. The molecule has 0 saturated carbocycles. The van der Waals surface area contributed by atoms with E-state index < -0.39 is 0 Å². The molecule has 2 aromatic rings. The van der Waals surface area contributed by atoms with E-state index in [9.17, 15) is 14.7 Å². The fourth-order valence-corrected chi connectivity index (χ4v) is 6.64. The number of esters is 1. The van der Waals surface area contributed by atoms with E-state index in [1.54, 1.807) is 6.07 Å². The summed E-state index contributed by atoms with van der Waals surface area (Å²) < 4.78 is 5.08. The molecule has 0 spiro atoms. The molecular formula is C35H52N4O4. The van der Waals surface area contributed by atoms with Gasteiger partial charge in [-0.1, -0.05) is 44.0 Å². The summed E-state index contributed by atoms with van der Waals surface area (Å²) in [5.74, 6) is 0.135. The van der Waals surface area contributed by atoms with E-state index >= 15 is 0 Å². The van der Waals surface area contributed by atoms with Crippen molar-refractivity contribution in [2.75, 3.05) is 59.0 Å². The molecule has 2 aliphatic rings. The lowest BCUT2D eigenvalue weighted by Crippen LogP contribution is -2.57. The number of rotatable bonds is 12. The maximum atomic E-state index is 13.8. The molecular weight excluding hydrogens is 540 g/mol. The molecule has 2 saturated heterocycles. The van der Waals surface area contributed by atoms with Crippen LogP contribution in [0.3, 0.4) is 0 Å². The summed E-state index contributed by atoms with van der Waals surface area (Å²) in [7, 11) is 0. The number of carbonyl (C=O) groups excluding carboxylic acids is 2. The first kappa shape index (κ1) is 33.0. The molecule has 236 valence electrons. The molecule has 1 amide bonds. The Morgan fingerprint density at radius 1 is 0.907 bits per heavy atom. The van der Waals surface area contributed by atoms with Crippen molar-refractivity contribution in [3.8, 4) is 5.75 Å². The number of nitrogens with zero attached hydrogens (tertiary/aromatic N) is 4. The van der Waals surface area contributed by atoms with Crippen LogP contribution in [-0.4, -0.2) is 108 Å². The number of hydrogen-bond acceptors (Lipinski definition) is 7. The molecule has 2 aromatic carbocycles. The molecule has 43 heavy (non-hydrogen) atoms. The number of amides is 1. The molecule has 8 nitrogen and oxygen atoms in total. The predicted molar refractivity (Wildman–Crippen MR) is 171 cm³/mol. The smallest absolute Gasteiger partial charge is 0.307 e. The number of carbonyl (C=O) groups is 2. The highest BCUT2D eigenvalue weighted by Crippen LogP contribution is 2.35. The number of phenols is 1. The largest absolute Gasteiger partial charge is 0.508 e. The molecule has 0 radical (unpaired) electrons. The van der Waals surface area contributed by atoms with E-state index in [0.29, 0.717) is 50.3 Å². The highest BCUT2D eigenvalue weighted by molar-refractivity contribution is 5.94. The molecule has 2 fully saturated rings. The Kier molecular flexibility index (Phi) is 12.4. The lowest BCUT2D eigenvalue weighted by Gasteiger charge is -2.48. The molecule has 2 aliphatic heterocycles. The third-order valence-corrected chi connectivity index (χ3v) is 8.99. The van der Waals surface area contributed by atoms with Crippen molar-refractivity contribution in [3.63, 3.8) is 0 Å². The maximum absolute atomic E-state index is 13.8. The minimum atomic E-state index is -0.167. The Bertz CT molecular complexity index is 1190. The van der Waals surface area contributed by atoms with Crippen LogP contribution in [0.1, 0.15) is 87.3 Å². The summed E-state index contributed by atoms with van der Waals surface area (Å²) in [6.45, 7) is 15.7. The number of phenolic OH excluding ortho intramolecular Hbond substituents is 1. The predicted octanol–water partition coefficient (Wildman–Crippen LogP) is 5.17. The molecule has 0 aliphatic carbocycles. The monoisotopic (exact) mass is 592 g/mol. The second-order valence-electron chi connectivity index (χ2n) is 12.3. The Hall–Kier alpha value is -2.94. The lowest BCUT2D eigenvalue weighted by atomic mass is 9.92. The van der Waals surface area contributed by atoms with Crippen molar-refractivity contribution in [1.82, 2.24) is 19.6 Å². The summed E-state index contributed by atoms with van der Waals surface area (Å²) in [5, 5.41) is 10.4. The number of ether oxygens (including phenoxy) is 1. The first-order chi connectivity index (χ1) is 20.8. The molecule has 0 unspecified atom stereocenters. The van der Waals surface area contributed by atoms with Crippen LogP contribution in [0.5, 0.6) is 5.75 Å². The second kappa shape index (κ2) is 16.2. The topological polar surface area (TPSA) is 76.6 Å². The van der Waals surface area contributed by atoms with Gasteiger partial charge < -0.3 is 19.6 Å². The van der Waals surface area contributed by atoms with Gasteiger partial charge in [-0.05, 0) is 82.1 Å². The van der Waals surface area contributed by atoms with Gasteiger partial charge in [0.1, 0.15) is 5.75 Å². The van der Waals surface area contributed by atoms with Crippen LogP contribution >= 0.6 is 0 Å². The Balaban J connectivity index is 1.51. The van der Waals surface area contributed by atoms with Gasteiger partial charge in [0.05, 0.1) is 19.1 Å². The first-order valence-corrected chi connectivity index (χ1v) is 16.4. The molecule has 3 atom stereocenters. The average molecular weight is 593 g/mol. The summed E-state index contributed by atoms with van der Waals surface area (Å²) in [6.07, 6.45) is 4.97. The van der Waals surface area contributed by atoms with Crippen LogP contribution < -0.4 is 0 Å². The van der Waals surface area contributed by atoms with Gasteiger partial charge in [-0.15, -0.1) is 0 Å². The molecule has 1 N–H and O–H groups in total. The molecule has 0 bridgehead atoms. The van der Waals surface area contributed by atoms with Gasteiger partial charge in [0.15, 0.2) is 0 Å². The fourth-order valence-electron chi connectivity index (χ4n) is 6.64. The molecule has 2 heterocycles. The Labute approximate surface area is 258 Å². The van der Waals surface area contributed by atoms with Gasteiger partial charge in [0.2, 0.25) is 0 Å². The van der Waals surface area contributed by atoms with Gasteiger partial charge in [-0.2, -0.15) is 0 Å². The van der Waals surface area contributed by atoms with Gasteiger partial charge >= 0.3 is 5.97 Å². The van der Waals surface area contributed by atoms with Gasteiger partial charge in [-0.25, -0.2) is 0 Å². The summed E-state index contributed by atoms with van der Waals surface area (Å²) in [6, 6.07) is 16.3. The molecule has 4 rings (SSSR count). The Morgan fingerprint density at radius 2 is 1.67 bits per heavy atom. The number of unbranched alkanes of at least 4 members (excludes halogenated alkanes) is 2. The highest BCUT2D eigenvalue weighted by atomic mass is 16.5. The molecule has 0 aromatic heterocycles. The van der Waals surface area contributed by atoms with Crippen molar-refractivity contribution in [2.24, 2.45) is 0 Å². The van der Waals surface area contributed by atoms with E-state index in [4.69, 9.17) is 4.74 Å². The average Bonchev–Trinajstić information content (AvgIpc) is 3.24. The fraction of sp³-hybridized carbons (Fsp3) is 0.600. The SMILES string of the molecule is CCCCCN1C[C@H](C)N([C@@H](c2cccc(O)c2)c2cccc(C(=O)N3CCCN(CCC(=O)OCC)CC3)c2)C[C@H]1C. The van der Waals surface area contributed by atoms with E-state index in [0.717, 1.165) is 50.3 Å². The van der Waals surface area contributed by atoms with Crippen molar-refractivity contribution in [1.29, 1.82) is 0 Å². The minimum Gasteiger partial charge on any atom is -0.508 e. The summed E-state index contributed by atoms with van der Waals surface area (Å²) in [4.78, 5) is 35.0. The summed E-state index contributed by atoms with van der Waals surface area (Å²) in [5.41, 5.74) is 2.80. The number of piperazine rings is 1. The lowest BCUT2D eigenvalue weighted by molar-refractivity contribution is -0.143. The van der Waals surface area contributed by atoms with Gasteiger partial charge in [-0.3, -0.25) is 19.4 Å². The normalized spacial score (nSPS) is 21.3. The van der Waals surface area contributed by atoms with Crippen LogP contribution in [0, 0.1) is 0 Å². The Morgan fingerprint density at radius 3 is 2.42 bits per heavy atom. The zero-order valence-corrected chi connectivity index (χ0v) is 26.7. The zero-order chi connectivity index (χ0) is 30.8. The third kappa shape index (κ3) is 9.03. The van der Waals surface area contributed by atoms with Gasteiger partial charge in [0, 0.05) is 56.9 Å². The van der Waals surface area contributed by atoms with E-state index in [2.05, 4.69) is 53.7 Å². The first-order valence-electron chi connectivity index (χ1n) is 16.4. The number of benzene rings is 2. The van der Waals surface area contributed by atoms with Crippen LogP contribution in [-0.2, 0) is 9.53 Å². The highest BCUT2D eigenvalue weighted by Gasteiger charge is 2.35. The van der Waals surface area contributed by atoms with Crippen molar-refractivity contribution in [3.05, 3.63) is 65.2 Å². The second-order valence-corrected chi connectivity index (χ2v) is 12.3. The summed E-state index contributed by atoms with van der Waals surface area (Å²) >= 11 is 0. The maximum Gasteiger partial charge on any atom is 0.307 e. The number of hydrogen-bond donors (Lipinski definition) is 1. The van der Waals surface area contributed by atoms with E-state index in [-0.39, 0.29) is 23.7 Å². The van der Waals surface area contributed by atoms with Crippen molar-refractivity contribution >= 4 is 11.9 Å². The van der Waals surface area contributed by atoms with Crippen molar-refractivity contribution < 1.29 is 19.4 Å². The molecule has 8 heteroatoms. The quantitative estimate of drug-likeness (QED) is 0.269. The van der Waals surface area contributed by atoms with Crippen LogP contribution in [0.4, 0.5) is 0 Å². The van der Waals surface area contributed by atoms with Crippen LogP contribution in [0.2, 0.25) is 0 Å². The van der Waals surface area contributed by atoms with E-state index in [1.165, 1.54) is 19.3 Å². The van der Waals surface area contributed by atoms with Crippen molar-refractivity contribution in [2.45, 2.75) is 77.9 Å². The zero-order valence-electron chi connectivity index (χ0n) is 26.7. The van der Waals surface area contributed by atoms with Crippen LogP contribution in [0.25, 0.3) is 0 Å². The van der Waals surface area contributed by atoms with Gasteiger partial charge in [0.25, 0.3) is 5.91 Å². The third-order valence-electron chi connectivity index (χ3n) is 8.99. The van der Waals surface area contributed by atoms with E-state index in [1.807, 2.05) is 36.1 Å². The number of aromatic hydroxyl groups is 1. The minimum absolute atomic E-state index is 0.0471.